The Morgan fingerprint density at radius 2 is 2.00 bits per heavy atom. The van der Waals surface area contributed by atoms with Crippen LogP contribution < -0.4 is 5.73 Å². The van der Waals surface area contributed by atoms with E-state index in [2.05, 4.69) is 0 Å². The Labute approximate surface area is 55.3 Å². The fraction of sp³-hybridized carbons (Fsp3) is 0.667. The molecule has 0 aromatic carbocycles. The molecule has 0 bridgehead atoms. The van der Waals surface area contributed by atoms with Gasteiger partial charge in [-0.25, -0.2) is 0 Å². The predicted molar refractivity (Wildman–Crippen MR) is 39.4 cm³/mol. The molecule has 1 atom stereocenters. The summed E-state index contributed by atoms with van der Waals surface area (Å²) < 4.78 is 0. The van der Waals surface area contributed by atoms with Crippen molar-refractivity contribution >= 4 is 12.4 Å². The van der Waals surface area contributed by atoms with Crippen LogP contribution in [0.2, 0.25) is 0 Å². The fourth-order valence-electron chi connectivity index (χ4n) is 0.567. The molecule has 52 valence electrons. The maximum Gasteiger partial charge on any atom is 0.00916 e. The maximum absolute atomic E-state index is 6.71. The second kappa shape index (κ2) is 5.44. The van der Waals surface area contributed by atoms with Crippen molar-refractivity contribution in [1.29, 1.82) is 10.8 Å². The summed E-state index contributed by atoms with van der Waals surface area (Å²) in [5.41, 5.74) is 5.52. The first-order valence-corrected chi connectivity index (χ1v) is 3.04. The zero-order valence-electron chi connectivity index (χ0n) is 5.43. The highest BCUT2D eigenvalue weighted by atomic mass is 14.6. The molecule has 0 aliphatic carbocycles. The van der Waals surface area contributed by atoms with Crippen molar-refractivity contribution in [2.75, 3.05) is 0 Å². The number of nitrogens with one attached hydrogen (secondary N) is 2. The Morgan fingerprint density at radius 3 is 2.44 bits per heavy atom. The Hall–Kier alpha value is -0.700. The number of hydrogen-bond donors (Lipinski definition) is 3. The van der Waals surface area contributed by atoms with Gasteiger partial charge in [0.2, 0.25) is 0 Å². The largest absolute Gasteiger partial charge is 0.327 e. The molecule has 0 aromatic heterocycles. The summed E-state index contributed by atoms with van der Waals surface area (Å²) in [4.78, 5) is 0. The summed E-state index contributed by atoms with van der Waals surface area (Å²) >= 11 is 0. The van der Waals surface area contributed by atoms with Crippen LogP contribution >= 0.6 is 0 Å². The van der Waals surface area contributed by atoms with Crippen LogP contribution in [0, 0.1) is 10.8 Å². The van der Waals surface area contributed by atoms with Crippen LogP contribution in [0.1, 0.15) is 19.3 Å². The zero-order chi connectivity index (χ0) is 7.11. The standard InChI is InChI=1S/C6H13N3/c7-4-1-2-6(9)3-5-8/h4-8H,1-3,9H2. The van der Waals surface area contributed by atoms with Crippen LogP contribution in [0.5, 0.6) is 0 Å². The Bertz CT molecular complexity index is 90.3. The highest BCUT2D eigenvalue weighted by molar-refractivity contribution is 5.55. The van der Waals surface area contributed by atoms with E-state index in [0.717, 1.165) is 12.8 Å². The lowest BCUT2D eigenvalue weighted by atomic mass is 10.1. The van der Waals surface area contributed by atoms with Gasteiger partial charge in [-0.1, -0.05) is 0 Å². The molecule has 0 saturated carbocycles. The molecule has 0 spiro atoms. The van der Waals surface area contributed by atoms with E-state index in [1.54, 1.807) is 0 Å². The molecule has 0 saturated heterocycles. The van der Waals surface area contributed by atoms with Crippen LogP contribution in [0.25, 0.3) is 0 Å². The molecule has 4 N–H and O–H groups in total. The smallest absolute Gasteiger partial charge is 0.00916 e. The summed E-state index contributed by atoms with van der Waals surface area (Å²) in [6.07, 6.45) is 4.85. The van der Waals surface area contributed by atoms with Gasteiger partial charge < -0.3 is 16.6 Å². The van der Waals surface area contributed by atoms with Crippen molar-refractivity contribution in [2.45, 2.75) is 25.3 Å². The van der Waals surface area contributed by atoms with E-state index >= 15 is 0 Å². The summed E-state index contributed by atoms with van der Waals surface area (Å²) in [5, 5.41) is 13.4. The normalized spacial score (nSPS) is 12.6. The maximum atomic E-state index is 6.71. The zero-order valence-corrected chi connectivity index (χ0v) is 5.43. The molecule has 0 rings (SSSR count). The quantitative estimate of drug-likeness (QED) is 0.469. The second-order valence-electron chi connectivity index (χ2n) is 1.98. The monoisotopic (exact) mass is 127 g/mol. The molecule has 3 heteroatoms. The summed E-state index contributed by atoms with van der Waals surface area (Å²) in [6, 6.07) is 0.0732. The van der Waals surface area contributed by atoms with Gasteiger partial charge in [-0.3, -0.25) is 0 Å². The molecule has 0 aromatic rings. The second-order valence-corrected chi connectivity index (χ2v) is 1.98. The SMILES string of the molecule is N=CCCC(N)CC=N. The van der Waals surface area contributed by atoms with E-state index in [1.165, 1.54) is 12.4 Å². The average molecular weight is 127 g/mol. The van der Waals surface area contributed by atoms with Gasteiger partial charge in [0, 0.05) is 6.04 Å². The Balaban J connectivity index is 3.14. The van der Waals surface area contributed by atoms with Gasteiger partial charge >= 0.3 is 0 Å². The van der Waals surface area contributed by atoms with Gasteiger partial charge in [-0.05, 0) is 31.7 Å². The van der Waals surface area contributed by atoms with Crippen molar-refractivity contribution in [3.05, 3.63) is 0 Å². The van der Waals surface area contributed by atoms with Crippen LogP contribution in [-0.4, -0.2) is 18.5 Å². The first-order valence-electron chi connectivity index (χ1n) is 3.04. The third kappa shape index (κ3) is 5.17. The van der Waals surface area contributed by atoms with E-state index in [4.69, 9.17) is 16.6 Å². The first kappa shape index (κ1) is 8.30. The van der Waals surface area contributed by atoms with Crippen LogP contribution in [0.3, 0.4) is 0 Å². The van der Waals surface area contributed by atoms with Gasteiger partial charge in [0.1, 0.15) is 0 Å². The van der Waals surface area contributed by atoms with E-state index in [0.29, 0.717) is 6.42 Å². The minimum atomic E-state index is 0.0732. The molecule has 1 unspecified atom stereocenters. The molecule has 3 nitrogen and oxygen atoms in total. The predicted octanol–water partition coefficient (Wildman–Crippen LogP) is 0.783. The highest BCUT2D eigenvalue weighted by Gasteiger charge is 1.96. The summed E-state index contributed by atoms with van der Waals surface area (Å²) in [7, 11) is 0. The van der Waals surface area contributed by atoms with E-state index < -0.39 is 0 Å². The van der Waals surface area contributed by atoms with Crippen LogP contribution in [0.15, 0.2) is 0 Å². The molecule has 9 heavy (non-hydrogen) atoms. The summed E-state index contributed by atoms with van der Waals surface area (Å²) in [6.45, 7) is 0. The lowest BCUT2D eigenvalue weighted by Crippen LogP contribution is -2.19. The van der Waals surface area contributed by atoms with Crippen molar-refractivity contribution in [1.82, 2.24) is 0 Å². The molecule has 0 aliphatic rings. The fourth-order valence-corrected chi connectivity index (χ4v) is 0.567. The van der Waals surface area contributed by atoms with Crippen molar-refractivity contribution in [3.8, 4) is 0 Å². The average Bonchev–Trinajstić information content (AvgIpc) is 1.85. The summed E-state index contributed by atoms with van der Waals surface area (Å²) in [5.74, 6) is 0. The Morgan fingerprint density at radius 1 is 1.33 bits per heavy atom. The minimum absolute atomic E-state index is 0.0732. The molecule has 0 fully saturated rings. The van der Waals surface area contributed by atoms with Gasteiger partial charge in [-0.2, -0.15) is 0 Å². The van der Waals surface area contributed by atoms with Gasteiger partial charge in [0.05, 0.1) is 0 Å². The van der Waals surface area contributed by atoms with E-state index in [-0.39, 0.29) is 6.04 Å². The van der Waals surface area contributed by atoms with Gasteiger partial charge in [0.15, 0.2) is 0 Å². The number of nitrogens with two attached hydrogens (primary N) is 1. The molecular formula is C6H13N3. The molecule has 0 aliphatic heterocycles. The van der Waals surface area contributed by atoms with Gasteiger partial charge in [-0.15, -0.1) is 0 Å². The molecular weight excluding hydrogens is 114 g/mol. The topological polar surface area (TPSA) is 73.7 Å². The van der Waals surface area contributed by atoms with Crippen LogP contribution in [-0.2, 0) is 0 Å². The first-order chi connectivity index (χ1) is 4.31. The lowest BCUT2D eigenvalue weighted by molar-refractivity contribution is 0.658. The highest BCUT2D eigenvalue weighted by Crippen LogP contribution is 1.93. The van der Waals surface area contributed by atoms with Crippen molar-refractivity contribution in [3.63, 3.8) is 0 Å². The van der Waals surface area contributed by atoms with E-state index in [9.17, 15) is 0 Å². The number of hydrogen-bond acceptors (Lipinski definition) is 3. The third-order valence-electron chi connectivity index (χ3n) is 1.10. The number of rotatable bonds is 5. The molecule has 0 radical (unpaired) electrons. The van der Waals surface area contributed by atoms with Gasteiger partial charge in [0.25, 0.3) is 0 Å². The van der Waals surface area contributed by atoms with Crippen molar-refractivity contribution in [2.24, 2.45) is 5.73 Å². The third-order valence-corrected chi connectivity index (χ3v) is 1.10. The van der Waals surface area contributed by atoms with E-state index in [1.807, 2.05) is 0 Å². The molecule has 0 amide bonds. The molecule has 0 heterocycles. The van der Waals surface area contributed by atoms with Crippen molar-refractivity contribution < 1.29 is 0 Å². The lowest BCUT2D eigenvalue weighted by Gasteiger charge is -2.03. The minimum Gasteiger partial charge on any atom is -0.327 e. The Kier molecular flexibility index (Phi) is 5.01. The van der Waals surface area contributed by atoms with Crippen LogP contribution in [0.4, 0.5) is 0 Å².